The number of phenolic OH excluding ortho intramolecular Hbond substituents is 1. The third-order valence-corrected chi connectivity index (χ3v) is 10.3. The van der Waals surface area contributed by atoms with E-state index in [1.54, 1.807) is 23.5 Å². The number of hydrogen-bond acceptors (Lipinski definition) is 6. The van der Waals surface area contributed by atoms with Crippen molar-refractivity contribution in [1.29, 1.82) is 0 Å². The quantitative estimate of drug-likeness (QED) is 0.383. The fourth-order valence-electron chi connectivity index (χ4n) is 7.64. The smallest absolute Gasteiger partial charge is 0.187 e. The summed E-state index contributed by atoms with van der Waals surface area (Å²) in [5.74, 6) is 8.24. The number of hydrogen-bond donors (Lipinski definition) is 3. The SMILES string of the molecule is C[C@]12CCc3nc(Nc4cccc(O)c4)sc3C1=CC[C@@H]1[C@@H]2CC[C@]2(C)/C(=N/N)CC[C@@H]12. The zero-order valence-electron chi connectivity index (χ0n) is 18.9. The molecule has 4 N–H and O–H groups in total. The number of nitrogens with one attached hydrogen (secondary N) is 1. The summed E-state index contributed by atoms with van der Waals surface area (Å²) in [5, 5.41) is 18.3. The number of fused-ring (bicyclic) bond motifs is 7. The van der Waals surface area contributed by atoms with E-state index in [2.05, 4.69) is 30.3 Å². The van der Waals surface area contributed by atoms with E-state index in [0.29, 0.717) is 5.92 Å². The highest BCUT2D eigenvalue weighted by atomic mass is 32.1. The number of thiazole rings is 1. The molecule has 32 heavy (non-hydrogen) atoms. The van der Waals surface area contributed by atoms with E-state index in [9.17, 15) is 5.11 Å². The van der Waals surface area contributed by atoms with Crippen LogP contribution in [-0.2, 0) is 6.42 Å². The number of hydrazone groups is 1. The highest BCUT2D eigenvalue weighted by Crippen LogP contribution is 2.65. The van der Waals surface area contributed by atoms with E-state index in [-0.39, 0.29) is 16.6 Å². The van der Waals surface area contributed by atoms with Gasteiger partial charge in [0.25, 0.3) is 0 Å². The molecule has 4 aliphatic rings. The van der Waals surface area contributed by atoms with Crippen molar-refractivity contribution >= 4 is 33.4 Å². The van der Waals surface area contributed by atoms with Gasteiger partial charge in [0.15, 0.2) is 5.13 Å². The van der Waals surface area contributed by atoms with Crippen LogP contribution in [0.1, 0.15) is 62.9 Å². The Balaban J connectivity index is 1.33. The minimum atomic E-state index is 0.209. The Hall–Kier alpha value is -2.34. The first-order valence-corrected chi connectivity index (χ1v) is 12.8. The van der Waals surface area contributed by atoms with Gasteiger partial charge >= 0.3 is 0 Å². The van der Waals surface area contributed by atoms with Crippen molar-refractivity contribution in [3.05, 3.63) is 40.9 Å². The first-order chi connectivity index (χ1) is 15.4. The van der Waals surface area contributed by atoms with E-state index in [4.69, 9.17) is 10.8 Å². The van der Waals surface area contributed by atoms with Crippen LogP contribution in [0, 0.1) is 28.6 Å². The molecular weight excluding hydrogens is 416 g/mol. The zero-order valence-corrected chi connectivity index (χ0v) is 19.7. The molecule has 0 amide bonds. The number of phenols is 1. The van der Waals surface area contributed by atoms with Crippen molar-refractivity contribution in [2.75, 3.05) is 5.32 Å². The lowest BCUT2D eigenvalue weighted by Crippen LogP contribution is -2.49. The Labute approximate surface area is 193 Å². The Morgan fingerprint density at radius 2 is 2.00 bits per heavy atom. The number of nitrogens with two attached hydrogens (primary N) is 1. The molecule has 0 saturated heterocycles. The van der Waals surface area contributed by atoms with E-state index < -0.39 is 0 Å². The molecule has 6 heteroatoms. The lowest BCUT2D eigenvalue weighted by Gasteiger charge is -2.56. The van der Waals surface area contributed by atoms with Crippen molar-refractivity contribution in [2.45, 2.75) is 58.8 Å². The van der Waals surface area contributed by atoms with Crippen molar-refractivity contribution in [3.8, 4) is 5.75 Å². The summed E-state index contributed by atoms with van der Waals surface area (Å²) in [4.78, 5) is 6.32. The molecule has 0 unspecified atom stereocenters. The summed E-state index contributed by atoms with van der Waals surface area (Å²) in [6.07, 6.45) is 10.8. The second kappa shape index (κ2) is 7.08. The normalized spacial score (nSPS) is 36.6. The number of aromatic hydroxyl groups is 1. The number of benzene rings is 1. The molecule has 1 heterocycles. The molecular formula is C26H32N4OS. The molecule has 0 aliphatic heterocycles. The first-order valence-electron chi connectivity index (χ1n) is 12.0. The molecule has 2 saturated carbocycles. The molecule has 5 nitrogen and oxygen atoms in total. The van der Waals surface area contributed by atoms with E-state index in [1.165, 1.54) is 54.0 Å². The molecule has 0 spiro atoms. The van der Waals surface area contributed by atoms with Gasteiger partial charge in [-0.15, -0.1) is 0 Å². The molecule has 2 aromatic rings. The maximum Gasteiger partial charge on any atom is 0.187 e. The van der Waals surface area contributed by atoms with Crippen LogP contribution in [0.5, 0.6) is 5.75 Å². The monoisotopic (exact) mass is 448 g/mol. The highest BCUT2D eigenvalue weighted by molar-refractivity contribution is 7.16. The van der Waals surface area contributed by atoms with Gasteiger partial charge in [0.05, 0.1) is 10.6 Å². The minimum absolute atomic E-state index is 0.209. The molecule has 1 aromatic heterocycles. The Morgan fingerprint density at radius 1 is 1.16 bits per heavy atom. The predicted molar refractivity (Wildman–Crippen MR) is 131 cm³/mol. The van der Waals surface area contributed by atoms with Gasteiger partial charge in [-0.3, -0.25) is 0 Å². The van der Waals surface area contributed by atoms with Gasteiger partial charge in [-0.05, 0) is 85.8 Å². The maximum atomic E-state index is 9.79. The van der Waals surface area contributed by atoms with E-state index in [1.807, 2.05) is 12.1 Å². The summed E-state index contributed by atoms with van der Waals surface area (Å²) in [5.41, 5.74) is 5.35. The lowest BCUT2D eigenvalue weighted by molar-refractivity contribution is 0.0117. The van der Waals surface area contributed by atoms with Gasteiger partial charge in [-0.25, -0.2) is 4.98 Å². The summed E-state index contributed by atoms with van der Waals surface area (Å²) in [6.45, 7) is 4.95. The molecule has 1 aromatic carbocycles. The lowest BCUT2D eigenvalue weighted by atomic mass is 9.48. The zero-order chi connectivity index (χ0) is 22.1. The Bertz CT molecular complexity index is 1140. The molecule has 168 valence electrons. The Morgan fingerprint density at radius 3 is 2.81 bits per heavy atom. The van der Waals surface area contributed by atoms with Gasteiger partial charge in [0.1, 0.15) is 5.75 Å². The van der Waals surface area contributed by atoms with Crippen LogP contribution in [0.3, 0.4) is 0 Å². The van der Waals surface area contributed by atoms with Gasteiger partial charge < -0.3 is 16.3 Å². The van der Waals surface area contributed by atoms with Gasteiger partial charge in [-0.1, -0.05) is 37.3 Å². The van der Waals surface area contributed by atoms with Crippen LogP contribution in [0.2, 0.25) is 0 Å². The first kappa shape index (κ1) is 20.3. The standard InChI is InChI=1S/C26H32N4OS/c1-25-13-11-21-23(32-24(29-21)28-15-4-3-5-16(31)14-15)20(25)7-6-17-18-8-9-22(30-27)26(18,2)12-10-19(17)25/h3-5,7,14,17-19,31H,6,8-13,27H2,1-2H3,(H,28,29)/b30-22+/t17-,18-,19-,25+,26-/m0/s1. The van der Waals surface area contributed by atoms with E-state index >= 15 is 0 Å². The molecule has 0 radical (unpaired) electrons. The number of rotatable bonds is 2. The van der Waals surface area contributed by atoms with Crippen molar-refractivity contribution < 1.29 is 5.11 Å². The third-order valence-electron chi connectivity index (χ3n) is 9.28. The summed E-state index contributed by atoms with van der Waals surface area (Å²) >= 11 is 1.77. The number of aromatic nitrogens is 1. The predicted octanol–water partition coefficient (Wildman–Crippen LogP) is 6.09. The van der Waals surface area contributed by atoms with Gasteiger partial charge in [0, 0.05) is 22.9 Å². The van der Waals surface area contributed by atoms with E-state index in [0.717, 1.165) is 35.5 Å². The topological polar surface area (TPSA) is 83.5 Å². The average Bonchev–Trinajstić information content (AvgIpc) is 3.33. The largest absolute Gasteiger partial charge is 0.508 e. The second-order valence-electron chi connectivity index (χ2n) is 10.7. The Kier molecular flexibility index (Phi) is 4.49. The van der Waals surface area contributed by atoms with Crippen LogP contribution < -0.4 is 11.2 Å². The van der Waals surface area contributed by atoms with Crippen molar-refractivity contribution in [1.82, 2.24) is 4.98 Å². The maximum absolute atomic E-state index is 9.79. The molecule has 2 fully saturated rings. The van der Waals surface area contributed by atoms with Crippen LogP contribution in [0.25, 0.3) is 5.57 Å². The summed E-state index contributed by atoms with van der Waals surface area (Å²) < 4.78 is 0. The molecule has 5 atom stereocenters. The van der Waals surface area contributed by atoms with Crippen LogP contribution in [0.15, 0.2) is 35.4 Å². The fraction of sp³-hybridized carbons (Fsp3) is 0.538. The van der Waals surface area contributed by atoms with Gasteiger partial charge in [0.2, 0.25) is 0 Å². The average molecular weight is 449 g/mol. The fourth-order valence-corrected chi connectivity index (χ4v) is 8.85. The van der Waals surface area contributed by atoms with Crippen LogP contribution >= 0.6 is 11.3 Å². The number of allylic oxidation sites excluding steroid dienone is 2. The highest BCUT2D eigenvalue weighted by Gasteiger charge is 2.58. The van der Waals surface area contributed by atoms with Crippen LogP contribution in [-0.4, -0.2) is 15.8 Å². The minimum Gasteiger partial charge on any atom is -0.508 e. The number of aryl methyl sites for hydroxylation is 1. The second-order valence-corrected chi connectivity index (χ2v) is 11.7. The summed E-state index contributed by atoms with van der Waals surface area (Å²) in [7, 11) is 0. The van der Waals surface area contributed by atoms with Gasteiger partial charge in [-0.2, -0.15) is 5.10 Å². The summed E-state index contributed by atoms with van der Waals surface area (Å²) in [6, 6.07) is 7.25. The van der Waals surface area contributed by atoms with Crippen molar-refractivity contribution in [3.63, 3.8) is 0 Å². The molecule has 0 bridgehead atoms. The van der Waals surface area contributed by atoms with Crippen molar-refractivity contribution in [2.24, 2.45) is 39.5 Å². The molecule has 6 rings (SSSR count). The third kappa shape index (κ3) is 2.81. The molecule has 4 aliphatic carbocycles. The van der Waals surface area contributed by atoms with Crippen LogP contribution in [0.4, 0.5) is 10.8 Å². The number of anilines is 2. The number of nitrogens with zero attached hydrogens (tertiary/aromatic N) is 2.